The number of aryl methyl sites for hydroxylation is 1. The van der Waals surface area contributed by atoms with E-state index in [1.807, 2.05) is 25.1 Å². The number of halogens is 1. The first-order valence-corrected chi connectivity index (χ1v) is 8.08. The van der Waals surface area contributed by atoms with Gasteiger partial charge in [0.2, 0.25) is 5.91 Å². The quantitative estimate of drug-likeness (QED) is 0.626. The Bertz CT molecular complexity index is 682. The molecule has 2 aromatic rings. The lowest BCUT2D eigenvalue weighted by molar-refractivity contribution is -0.119. The first-order chi connectivity index (χ1) is 10.6. The zero-order valence-electron chi connectivity index (χ0n) is 11.7. The monoisotopic (exact) mass is 380 g/mol. The summed E-state index contributed by atoms with van der Waals surface area (Å²) in [7, 11) is 0. The average Bonchev–Trinajstić information content (AvgIpc) is 2.52. The Hall–Kier alpha value is -1.93. The van der Waals surface area contributed by atoms with Crippen LogP contribution in [-0.4, -0.2) is 27.5 Å². The molecular weight excluding hydrogens is 368 g/mol. The second kappa shape index (κ2) is 7.90. The van der Waals surface area contributed by atoms with E-state index in [2.05, 4.69) is 36.7 Å². The Morgan fingerprint density at radius 3 is 2.77 bits per heavy atom. The van der Waals surface area contributed by atoms with Crippen LogP contribution in [0.2, 0.25) is 0 Å². The number of rotatable bonds is 4. The van der Waals surface area contributed by atoms with Crippen LogP contribution in [0.1, 0.15) is 16.1 Å². The molecule has 2 rings (SSSR count). The molecule has 0 bridgehead atoms. The summed E-state index contributed by atoms with van der Waals surface area (Å²) < 4.78 is 0.995. The van der Waals surface area contributed by atoms with Crippen LogP contribution in [0.4, 0.5) is 0 Å². The third-order valence-electron chi connectivity index (χ3n) is 2.61. The van der Waals surface area contributed by atoms with E-state index in [-0.39, 0.29) is 17.4 Å². The van der Waals surface area contributed by atoms with Crippen LogP contribution in [0.25, 0.3) is 0 Å². The molecule has 0 aliphatic rings. The summed E-state index contributed by atoms with van der Waals surface area (Å²) in [6.07, 6.45) is 4.19. The summed E-state index contributed by atoms with van der Waals surface area (Å²) >= 11 is 4.79. The molecular formula is C14H13BrN4O2S. The maximum absolute atomic E-state index is 11.7. The lowest BCUT2D eigenvalue weighted by Crippen LogP contribution is -2.42. The van der Waals surface area contributed by atoms with Crippen LogP contribution >= 0.6 is 27.7 Å². The van der Waals surface area contributed by atoms with Gasteiger partial charge in [-0.25, -0.2) is 4.98 Å². The van der Waals surface area contributed by atoms with Crippen LogP contribution in [0, 0.1) is 6.92 Å². The zero-order chi connectivity index (χ0) is 15.9. The van der Waals surface area contributed by atoms with E-state index in [1.54, 1.807) is 0 Å². The highest BCUT2D eigenvalue weighted by molar-refractivity contribution is 9.10. The van der Waals surface area contributed by atoms with Crippen molar-refractivity contribution < 1.29 is 9.59 Å². The maximum Gasteiger partial charge on any atom is 0.289 e. The van der Waals surface area contributed by atoms with E-state index < -0.39 is 5.91 Å². The van der Waals surface area contributed by atoms with E-state index in [0.717, 1.165) is 14.9 Å². The Kier molecular flexibility index (Phi) is 5.91. The summed E-state index contributed by atoms with van der Waals surface area (Å²) in [6, 6.07) is 5.84. The molecule has 1 aromatic carbocycles. The number of nitrogens with zero attached hydrogens (tertiary/aromatic N) is 2. The standard InChI is InChI=1S/C14H13BrN4O2S/c1-9-6-10(15)2-3-12(9)22-8-13(20)18-19-14(21)11-7-16-4-5-17-11/h2-7H,8H2,1H3,(H,18,20)(H,19,21). The molecule has 114 valence electrons. The lowest BCUT2D eigenvalue weighted by Gasteiger charge is -2.08. The van der Waals surface area contributed by atoms with Gasteiger partial charge in [0.25, 0.3) is 5.91 Å². The van der Waals surface area contributed by atoms with Gasteiger partial charge >= 0.3 is 0 Å². The molecule has 0 atom stereocenters. The summed E-state index contributed by atoms with van der Waals surface area (Å²) in [4.78, 5) is 32.0. The fourth-order valence-corrected chi connectivity index (χ4v) is 2.85. The van der Waals surface area contributed by atoms with Gasteiger partial charge in [0.05, 0.1) is 11.9 Å². The first kappa shape index (κ1) is 16.4. The minimum atomic E-state index is -0.508. The third-order valence-corrected chi connectivity index (χ3v) is 4.28. The predicted molar refractivity (Wildman–Crippen MR) is 87.2 cm³/mol. The second-order valence-corrected chi connectivity index (χ2v) is 6.22. The molecule has 0 aliphatic carbocycles. The number of carbonyl (C=O) groups excluding carboxylic acids is 2. The van der Waals surface area contributed by atoms with Gasteiger partial charge in [0.1, 0.15) is 5.69 Å². The molecule has 0 unspecified atom stereocenters. The van der Waals surface area contributed by atoms with Gasteiger partial charge in [-0.3, -0.25) is 25.4 Å². The molecule has 0 fully saturated rings. The molecule has 8 heteroatoms. The van der Waals surface area contributed by atoms with Crippen LogP contribution < -0.4 is 10.9 Å². The number of hydrazine groups is 1. The van der Waals surface area contributed by atoms with Gasteiger partial charge in [-0.15, -0.1) is 11.8 Å². The smallest absolute Gasteiger partial charge is 0.272 e. The molecule has 0 saturated heterocycles. The van der Waals surface area contributed by atoms with Gasteiger partial charge in [0, 0.05) is 21.8 Å². The Labute approximate surface area is 140 Å². The van der Waals surface area contributed by atoms with E-state index >= 15 is 0 Å². The van der Waals surface area contributed by atoms with E-state index in [1.165, 1.54) is 30.4 Å². The van der Waals surface area contributed by atoms with Crippen molar-refractivity contribution in [3.63, 3.8) is 0 Å². The molecule has 0 spiro atoms. The zero-order valence-corrected chi connectivity index (χ0v) is 14.1. The van der Waals surface area contributed by atoms with Gasteiger partial charge in [-0.2, -0.15) is 0 Å². The average molecular weight is 381 g/mol. The van der Waals surface area contributed by atoms with E-state index in [4.69, 9.17) is 0 Å². The van der Waals surface area contributed by atoms with E-state index in [9.17, 15) is 9.59 Å². The van der Waals surface area contributed by atoms with Crippen molar-refractivity contribution >= 4 is 39.5 Å². The molecule has 0 saturated carbocycles. The van der Waals surface area contributed by atoms with Gasteiger partial charge in [-0.1, -0.05) is 15.9 Å². The van der Waals surface area contributed by atoms with Crippen molar-refractivity contribution in [2.45, 2.75) is 11.8 Å². The van der Waals surface area contributed by atoms with Crippen molar-refractivity contribution in [2.75, 3.05) is 5.75 Å². The van der Waals surface area contributed by atoms with Crippen molar-refractivity contribution in [1.82, 2.24) is 20.8 Å². The largest absolute Gasteiger partial charge is 0.289 e. The number of carbonyl (C=O) groups is 2. The van der Waals surface area contributed by atoms with Crippen LogP contribution in [-0.2, 0) is 4.79 Å². The number of nitrogens with one attached hydrogen (secondary N) is 2. The van der Waals surface area contributed by atoms with Crippen molar-refractivity contribution in [1.29, 1.82) is 0 Å². The summed E-state index contributed by atoms with van der Waals surface area (Å²) in [5.41, 5.74) is 5.86. The van der Waals surface area contributed by atoms with Gasteiger partial charge < -0.3 is 0 Å². The first-order valence-electron chi connectivity index (χ1n) is 6.30. The number of benzene rings is 1. The second-order valence-electron chi connectivity index (χ2n) is 4.29. The molecule has 2 N–H and O–H groups in total. The number of aromatic nitrogens is 2. The Balaban J connectivity index is 1.80. The fourth-order valence-electron chi connectivity index (χ4n) is 1.56. The number of hydrogen-bond donors (Lipinski definition) is 2. The number of hydrogen-bond acceptors (Lipinski definition) is 5. The summed E-state index contributed by atoms with van der Waals surface area (Å²) in [6.45, 7) is 1.97. The molecule has 22 heavy (non-hydrogen) atoms. The normalized spacial score (nSPS) is 10.1. The molecule has 2 amide bonds. The SMILES string of the molecule is Cc1cc(Br)ccc1SCC(=O)NNC(=O)c1cnccn1. The van der Waals surface area contributed by atoms with Crippen molar-refractivity contribution in [3.05, 3.63) is 52.5 Å². The number of amides is 2. The van der Waals surface area contributed by atoms with Crippen LogP contribution in [0.5, 0.6) is 0 Å². The Morgan fingerprint density at radius 2 is 2.09 bits per heavy atom. The topological polar surface area (TPSA) is 84.0 Å². The third kappa shape index (κ3) is 4.81. The molecule has 0 aliphatic heterocycles. The van der Waals surface area contributed by atoms with Gasteiger partial charge in [-0.05, 0) is 30.7 Å². The summed E-state index contributed by atoms with van der Waals surface area (Å²) in [5.74, 6) is -0.612. The highest BCUT2D eigenvalue weighted by Gasteiger charge is 2.09. The number of thioether (sulfide) groups is 1. The summed E-state index contributed by atoms with van der Waals surface area (Å²) in [5, 5.41) is 0. The fraction of sp³-hybridized carbons (Fsp3) is 0.143. The predicted octanol–water partition coefficient (Wildman–Crippen LogP) is 2.10. The van der Waals surface area contributed by atoms with E-state index in [0.29, 0.717) is 0 Å². The highest BCUT2D eigenvalue weighted by atomic mass is 79.9. The van der Waals surface area contributed by atoms with Gasteiger partial charge in [0.15, 0.2) is 0 Å². The van der Waals surface area contributed by atoms with Crippen LogP contribution in [0.15, 0.2) is 46.2 Å². The molecule has 1 heterocycles. The molecule has 1 aromatic heterocycles. The Morgan fingerprint density at radius 1 is 1.27 bits per heavy atom. The van der Waals surface area contributed by atoms with Crippen LogP contribution in [0.3, 0.4) is 0 Å². The minimum Gasteiger partial charge on any atom is -0.272 e. The lowest BCUT2D eigenvalue weighted by atomic mass is 10.2. The van der Waals surface area contributed by atoms with Crippen molar-refractivity contribution in [2.24, 2.45) is 0 Å². The maximum atomic E-state index is 11.7. The minimum absolute atomic E-state index is 0.138. The molecule has 0 radical (unpaired) electrons. The van der Waals surface area contributed by atoms with Crippen molar-refractivity contribution in [3.8, 4) is 0 Å². The molecule has 6 nitrogen and oxygen atoms in total. The highest BCUT2D eigenvalue weighted by Crippen LogP contribution is 2.24.